The van der Waals surface area contributed by atoms with Gasteiger partial charge in [0.25, 0.3) is 0 Å². The zero-order chi connectivity index (χ0) is 14.8. The second-order valence-electron chi connectivity index (χ2n) is 5.24. The number of nitrogens with zero attached hydrogens (tertiary/aromatic N) is 1. The zero-order valence-corrected chi connectivity index (χ0v) is 13.0. The van der Waals surface area contributed by atoms with Gasteiger partial charge < -0.3 is 9.52 Å². The molecule has 1 saturated heterocycles. The molecule has 0 unspecified atom stereocenters. The van der Waals surface area contributed by atoms with Gasteiger partial charge in [-0.25, -0.2) is 0 Å². The first kappa shape index (κ1) is 14.4. The molecular weight excluding hydrogens is 334 g/mol. The smallest absolute Gasteiger partial charge is 0.320 e. The molecule has 0 saturated carbocycles. The normalized spacial score (nSPS) is 19.0. The van der Waals surface area contributed by atoms with Crippen molar-refractivity contribution < 1.29 is 14.3 Å². The van der Waals surface area contributed by atoms with Gasteiger partial charge in [0.2, 0.25) is 0 Å². The Kier molecular flexibility index (Phi) is 4.12. The lowest BCUT2D eigenvalue weighted by Gasteiger charge is -2.19. The van der Waals surface area contributed by atoms with Crippen LogP contribution in [0.2, 0.25) is 0 Å². The molecule has 2 aromatic rings. The number of hydrogen-bond acceptors (Lipinski definition) is 3. The van der Waals surface area contributed by atoms with Crippen molar-refractivity contribution in [1.82, 2.24) is 4.90 Å². The van der Waals surface area contributed by atoms with E-state index >= 15 is 0 Å². The summed E-state index contributed by atoms with van der Waals surface area (Å²) in [6, 6.07) is 11.4. The summed E-state index contributed by atoms with van der Waals surface area (Å²) >= 11 is 3.45. The zero-order valence-electron chi connectivity index (χ0n) is 11.5. The monoisotopic (exact) mass is 349 g/mol. The van der Waals surface area contributed by atoms with Crippen LogP contribution in [-0.2, 0) is 11.3 Å². The van der Waals surface area contributed by atoms with Crippen molar-refractivity contribution in [3.05, 3.63) is 46.6 Å². The molecule has 0 radical (unpaired) electrons. The van der Waals surface area contributed by atoms with Crippen molar-refractivity contribution in [2.75, 3.05) is 6.54 Å². The first-order valence-electron chi connectivity index (χ1n) is 6.95. The lowest BCUT2D eigenvalue weighted by Crippen LogP contribution is -2.35. The quantitative estimate of drug-likeness (QED) is 0.912. The molecule has 0 bridgehead atoms. The molecule has 3 rings (SSSR count). The third kappa shape index (κ3) is 3.19. The molecule has 1 aromatic heterocycles. The number of hydrogen-bond donors (Lipinski definition) is 1. The molecule has 110 valence electrons. The van der Waals surface area contributed by atoms with E-state index in [4.69, 9.17) is 4.42 Å². The second kappa shape index (κ2) is 6.03. The maximum atomic E-state index is 11.2. The molecule has 1 fully saturated rings. The van der Waals surface area contributed by atoms with Crippen LogP contribution in [0.15, 0.2) is 45.3 Å². The second-order valence-corrected chi connectivity index (χ2v) is 6.16. The SMILES string of the molecule is O=C(O)[C@H]1CCCN1Cc1ccc(-c2cccc(Br)c2)o1. The van der Waals surface area contributed by atoms with Crippen LogP contribution >= 0.6 is 15.9 Å². The van der Waals surface area contributed by atoms with Crippen LogP contribution in [0.4, 0.5) is 0 Å². The van der Waals surface area contributed by atoms with Gasteiger partial charge in [-0.3, -0.25) is 9.69 Å². The van der Waals surface area contributed by atoms with E-state index in [1.165, 1.54) is 0 Å². The maximum Gasteiger partial charge on any atom is 0.320 e. The highest BCUT2D eigenvalue weighted by Crippen LogP contribution is 2.27. The largest absolute Gasteiger partial charge is 0.480 e. The fourth-order valence-electron chi connectivity index (χ4n) is 2.76. The number of rotatable bonds is 4. The number of aliphatic carboxylic acids is 1. The van der Waals surface area contributed by atoms with Gasteiger partial charge >= 0.3 is 5.97 Å². The molecule has 0 spiro atoms. The van der Waals surface area contributed by atoms with Gasteiger partial charge in [-0.1, -0.05) is 28.1 Å². The number of furan rings is 1. The van der Waals surface area contributed by atoms with Crippen LogP contribution in [0.5, 0.6) is 0 Å². The van der Waals surface area contributed by atoms with E-state index < -0.39 is 5.97 Å². The third-order valence-corrected chi connectivity index (χ3v) is 4.27. The first-order chi connectivity index (χ1) is 10.1. The molecule has 1 N–H and O–H groups in total. The third-order valence-electron chi connectivity index (χ3n) is 3.78. The molecule has 4 nitrogen and oxygen atoms in total. The Bertz CT molecular complexity index is 652. The predicted molar refractivity (Wildman–Crippen MR) is 82.9 cm³/mol. The average molecular weight is 350 g/mol. The van der Waals surface area contributed by atoms with Crippen LogP contribution in [-0.4, -0.2) is 28.6 Å². The summed E-state index contributed by atoms with van der Waals surface area (Å²) in [5.41, 5.74) is 1.01. The van der Waals surface area contributed by atoms with E-state index in [1.807, 2.05) is 41.3 Å². The average Bonchev–Trinajstić information content (AvgIpc) is 3.08. The highest BCUT2D eigenvalue weighted by atomic mass is 79.9. The van der Waals surface area contributed by atoms with Crippen molar-refractivity contribution in [2.24, 2.45) is 0 Å². The van der Waals surface area contributed by atoms with Gasteiger partial charge in [-0.2, -0.15) is 0 Å². The Hall–Kier alpha value is -1.59. The Morgan fingerprint density at radius 3 is 3.00 bits per heavy atom. The fraction of sp³-hybridized carbons (Fsp3) is 0.312. The molecule has 0 amide bonds. The van der Waals surface area contributed by atoms with Crippen LogP contribution in [0, 0.1) is 0 Å². The van der Waals surface area contributed by atoms with Crippen LogP contribution < -0.4 is 0 Å². The van der Waals surface area contributed by atoms with Gasteiger partial charge in [-0.15, -0.1) is 0 Å². The van der Waals surface area contributed by atoms with Crippen LogP contribution in [0.3, 0.4) is 0 Å². The minimum absolute atomic E-state index is 0.385. The summed E-state index contributed by atoms with van der Waals surface area (Å²) in [5, 5.41) is 9.20. The number of halogens is 1. The van der Waals surface area contributed by atoms with Crippen LogP contribution in [0.1, 0.15) is 18.6 Å². The standard InChI is InChI=1S/C16H16BrNO3/c17-12-4-1-3-11(9-12)15-7-6-13(21-15)10-18-8-2-5-14(18)16(19)20/h1,3-4,6-7,9,14H,2,5,8,10H2,(H,19,20)/t14-/m1/s1. The molecule has 1 atom stereocenters. The van der Waals surface area contributed by atoms with Crippen molar-refractivity contribution in [3.63, 3.8) is 0 Å². The summed E-state index contributed by atoms with van der Waals surface area (Å²) in [4.78, 5) is 13.2. The molecule has 21 heavy (non-hydrogen) atoms. The summed E-state index contributed by atoms with van der Waals surface area (Å²) in [6.07, 6.45) is 1.64. The number of carboxylic acid groups (broad SMARTS) is 1. The Labute approximate surface area is 131 Å². The summed E-state index contributed by atoms with van der Waals surface area (Å²) in [5.74, 6) is 0.863. The number of likely N-dealkylation sites (tertiary alicyclic amines) is 1. The molecule has 1 aliphatic rings. The highest BCUT2D eigenvalue weighted by molar-refractivity contribution is 9.10. The minimum Gasteiger partial charge on any atom is -0.480 e. The van der Waals surface area contributed by atoms with Crippen molar-refractivity contribution >= 4 is 21.9 Å². The Morgan fingerprint density at radius 1 is 1.38 bits per heavy atom. The Balaban J connectivity index is 1.75. The molecule has 5 heteroatoms. The van der Waals surface area contributed by atoms with E-state index in [0.717, 1.165) is 34.5 Å². The molecule has 1 aliphatic heterocycles. The highest BCUT2D eigenvalue weighted by Gasteiger charge is 2.30. The first-order valence-corrected chi connectivity index (χ1v) is 7.74. The predicted octanol–water partition coefficient (Wildman–Crippen LogP) is 3.76. The maximum absolute atomic E-state index is 11.2. The van der Waals surface area contributed by atoms with Crippen molar-refractivity contribution in [2.45, 2.75) is 25.4 Å². The number of carboxylic acids is 1. The van der Waals surface area contributed by atoms with E-state index in [1.54, 1.807) is 0 Å². The van der Waals surface area contributed by atoms with Gasteiger partial charge in [-0.05, 0) is 43.7 Å². The summed E-state index contributed by atoms with van der Waals surface area (Å²) in [7, 11) is 0. The minimum atomic E-state index is -0.744. The molecule has 2 heterocycles. The van der Waals surface area contributed by atoms with Gasteiger partial charge in [0.1, 0.15) is 17.6 Å². The molecular formula is C16H16BrNO3. The van der Waals surface area contributed by atoms with E-state index in [0.29, 0.717) is 13.0 Å². The van der Waals surface area contributed by atoms with E-state index in [-0.39, 0.29) is 6.04 Å². The van der Waals surface area contributed by atoms with Gasteiger partial charge in [0, 0.05) is 10.0 Å². The summed E-state index contributed by atoms with van der Waals surface area (Å²) < 4.78 is 6.86. The van der Waals surface area contributed by atoms with Gasteiger partial charge in [0.05, 0.1) is 6.54 Å². The molecule has 0 aliphatic carbocycles. The van der Waals surface area contributed by atoms with Gasteiger partial charge in [0.15, 0.2) is 0 Å². The van der Waals surface area contributed by atoms with Crippen LogP contribution in [0.25, 0.3) is 11.3 Å². The lowest BCUT2D eigenvalue weighted by atomic mass is 10.2. The topological polar surface area (TPSA) is 53.7 Å². The lowest BCUT2D eigenvalue weighted by molar-refractivity contribution is -0.142. The summed E-state index contributed by atoms with van der Waals surface area (Å²) in [6.45, 7) is 1.36. The van der Waals surface area contributed by atoms with E-state index in [9.17, 15) is 9.90 Å². The van der Waals surface area contributed by atoms with Crippen molar-refractivity contribution in [3.8, 4) is 11.3 Å². The van der Waals surface area contributed by atoms with E-state index in [2.05, 4.69) is 15.9 Å². The van der Waals surface area contributed by atoms with Crippen molar-refractivity contribution in [1.29, 1.82) is 0 Å². The number of benzene rings is 1. The molecule has 1 aromatic carbocycles. The number of carbonyl (C=O) groups is 1. The fourth-order valence-corrected chi connectivity index (χ4v) is 3.15. The Morgan fingerprint density at radius 2 is 2.24 bits per heavy atom.